The fourth-order valence-corrected chi connectivity index (χ4v) is 2.74. The number of aliphatic hydroxyl groups excluding tert-OH is 2. The van der Waals surface area contributed by atoms with Crippen molar-refractivity contribution in [2.45, 2.75) is 45.8 Å². The van der Waals surface area contributed by atoms with Gasteiger partial charge in [-0.3, -0.25) is 4.90 Å². The van der Waals surface area contributed by atoms with Crippen molar-refractivity contribution in [2.75, 3.05) is 25.2 Å². The van der Waals surface area contributed by atoms with E-state index >= 15 is 0 Å². The molecule has 24 heavy (non-hydrogen) atoms. The highest BCUT2D eigenvalue weighted by atomic mass is 32.1. The SMILES string of the molecule is CCOC(=O)c1nc(N(C)C(=O)OC(C)(C)C)sc1CC(O)CO. The third-order valence-electron chi connectivity index (χ3n) is 2.74. The molecule has 0 saturated carbocycles. The number of hydrogen-bond donors (Lipinski definition) is 2. The van der Waals surface area contributed by atoms with Crippen molar-refractivity contribution < 1.29 is 29.3 Å². The van der Waals surface area contributed by atoms with Gasteiger partial charge in [-0.15, -0.1) is 11.3 Å². The lowest BCUT2D eigenvalue weighted by molar-refractivity contribution is 0.0513. The van der Waals surface area contributed by atoms with Gasteiger partial charge in [0.05, 0.1) is 19.3 Å². The fraction of sp³-hybridized carbons (Fsp3) is 0.667. The number of aromatic nitrogens is 1. The van der Waals surface area contributed by atoms with Crippen LogP contribution in [-0.2, 0) is 15.9 Å². The van der Waals surface area contributed by atoms with Crippen LogP contribution in [0.5, 0.6) is 0 Å². The van der Waals surface area contributed by atoms with Gasteiger partial charge in [0, 0.05) is 18.3 Å². The van der Waals surface area contributed by atoms with Crippen molar-refractivity contribution in [1.29, 1.82) is 0 Å². The highest BCUT2D eigenvalue weighted by Gasteiger charge is 2.27. The summed E-state index contributed by atoms with van der Waals surface area (Å²) in [7, 11) is 1.48. The van der Waals surface area contributed by atoms with Crippen LogP contribution in [0.1, 0.15) is 43.1 Å². The summed E-state index contributed by atoms with van der Waals surface area (Å²) >= 11 is 1.06. The Hall–Kier alpha value is -1.71. The quantitative estimate of drug-likeness (QED) is 0.741. The van der Waals surface area contributed by atoms with Gasteiger partial charge >= 0.3 is 12.1 Å². The summed E-state index contributed by atoms with van der Waals surface area (Å²) in [5.74, 6) is -0.641. The molecule has 0 aliphatic heterocycles. The Bertz CT molecular complexity index is 581. The molecule has 1 rings (SSSR count). The van der Waals surface area contributed by atoms with Crippen molar-refractivity contribution in [3.05, 3.63) is 10.6 Å². The van der Waals surface area contributed by atoms with E-state index < -0.39 is 30.4 Å². The van der Waals surface area contributed by atoms with Gasteiger partial charge in [0.1, 0.15) is 5.60 Å². The van der Waals surface area contributed by atoms with Gasteiger partial charge in [-0.05, 0) is 27.7 Å². The van der Waals surface area contributed by atoms with E-state index in [-0.39, 0.29) is 23.9 Å². The molecule has 0 saturated heterocycles. The number of carbonyl (C=O) groups excluding carboxylic acids is 2. The molecule has 0 aromatic carbocycles. The van der Waals surface area contributed by atoms with Crippen molar-refractivity contribution >= 4 is 28.5 Å². The van der Waals surface area contributed by atoms with E-state index in [0.29, 0.717) is 4.88 Å². The van der Waals surface area contributed by atoms with Gasteiger partial charge in [0.2, 0.25) is 0 Å². The van der Waals surface area contributed by atoms with Crippen LogP contribution in [-0.4, -0.2) is 59.2 Å². The maximum absolute atomic E-state index is 12.1. The maximum atomic E-state index is 12.1. The first-order chi connectivity index (χ1) is 11.1. The second kappa shape index (κ2) is 8.41. The number of ether oxygens (including phenoxy) is 2. The lowest BCUT2D eigenvalue weighted by atomic mass is 10.2. The van der Waals surface area contributed by atoms with E-state index in [0.717, 1.165) is 11.3 Å². The van der Waals surface area contributed by atoms with Crippen LogP contribution in [0.4, 0.5) is 9.93 Å². The van der Waals surface area contributed by atoms with Crippen LogP contribution < -0.4 is 4.90 Å². The number of carbonyl (C=O) groups is 2. The molecular weight excluding hydrogens is 336 g/mol. The molecule has 1 aromatic heterocycles. The molecular formula is C15H24N2O6S. The molecule has 1 aromatic rings. The molecule has 0 bridgehead atoms. The van der Waals surface area contributed by atoms with Crippen LogP contribution in [0.15, 0.2) is 0 Å². The van der Waals surface area contributed by atoms with Crippen LogP contribution in [0.25, 0.3) is 0 Å². The summed E-state index contributed by atoms with van der Waals surface area (Å²) in [5.41, 5.74) is -0.637. The molecule has 0 fully saturated rings. The lowest BCUT2D eigenvalue weighted by Crippen LogP contribution is -2.34. The monoisotopic (exact) mass is 360 g/mol. The lowest BCUT2D eigenvalue weighted by Gasteiger charge is -2.23. The third kappa shape index (κ3) is 5.73. The molecule has 0 aliphatic rings. The van der Waals surface area contributed by atoms with E-state index in [1.807, 2.05) is 0 Å². The summed E-state index contributed by atoms with van der Waals surface area (Å²) in [6, 6.07) is 0. The topological polar surface area (TPSA) is 109 Å². The predicted octanol–water partition coefficient (Wildman–Crippen LogP) is 1.59. The third-order valence-corrected chi connectivity index (χ3v) is 3.90. The Morgan fingerprint density at radius 1 is 1.38 bits per heavy atom. The van der Waals surface area contributed by atoms with Crippen LogP contribution in [0, 0.1) is 0 Å². The summed E-state index contributed by atoms with van der Waals surface area (Å²) in [6.45, 7) is 6.63. The van der Waals surface area contributed by atoms with Crippen molar-refractivity contribution in [3.8, 4) is 0 Å². The first-order valence-corrected chi connectivity index (χ1v) is 8.33. The van der Waals surface area contributed by atoms with Crippen molar-refractivity contribution in [2.24, 2.45) is 0 Å². The zero-order valence-electron chi connectivity index (χ0n) is 14.5. The van der Waals surface area contributed by atoms with Gasteiger partial charge in [-0.1, -0.05) is 0 Å². The first kappa shape index (κ1) is 20.3. The van der Waals surface area contributed by atoms with E-state index in [9.17, 15) is 14.7 Å². The second-order valence-corrected chi connectivity index (χ2v) is 7.13. The fourth-order valence-electron chi connectivity index (χ4n) is 1.67. The average molecular weight is 360 g/mol. The Labute approximate surface area is 145 Å². The van der Waals surface area contributed by atoms with Crippen LogP contribution in [0.2, 0.25) is 0 Å². The minimum atomic E-state index is -1.03. The highest BCUT2D eigenvalue weighted by molar-refractivity contribution is 7.16. The number of aliphatic hydroxyl groups is 2. The van der Waals surface area contributed by atoms with Crippen molar-refractivity contribution in [1.82, 2.24) is 4.98 Å². The molecule has 8 nitrogen and oxygen atoms in total. The Morgan fingerprint density at radius 3 is 2.50 bits per heavy atom. The van der Waals surface area contributed by atoms with Gasteiger partial charge in [-0.25, -0.2) is 14.6 Å². The molecule has 0 aliphatic carbocycles. The smallest absolute Gasteiger partial charge is 0.416 e. The average Bonchev–Trinajstić information content (AvgIpc) is 2.88. The molecule has 0 spiro atoms. The first-order valence-electron chi connectivity index (χ1n) is 7.51. The molecule has 1 heterocycles. The minimum absolute atomic E-state index is 0.0276. The van der Waals surface area contributed by atoms with Gasteiger partial charge in [0.15, 0.2) is 10.8 Å². The zero-order chi connectivity index (χ0) is 18.5. The highest BCUT2D eigenvalue weighted by Crippen LogP contribution is 2.28. The van der Waals surface area contributed by atoms with Gasteiger partial charge in [-0.2, -0.15) is 0 Å². The maximum Gasteiger partial charge on any atom is 0.416 e. The summed E-state index contributed by atoms with van der Waals surface area (Å²) in [6.07, 6.45) is -1.61. The predicted molar refractivity (Wildman–Crippen MR) is 89.5 cm³/mol. The number of nitrogens with zero attached hydrogens (tertiary/aromatic N) is 2. The summed E-state index contributed by atoms with van der Waals surface area (Å²) in [5, 5.41) is 18.9. The Balaban J connectivity index is 3.09. The number of thiazole rings is 1. The Kier molecular flexibility index (Phi) is 7.12. The zero-order valence-corrected chi connectivity index (χ0v) is 15.3. The van der Waals surface area contributed by atoms with E-state index in [2.05, 4.69) is 4.98 Å². The molecule has 1 unspecified atom stereocenters. The van der Waals surface area contributed by atoms with Gasteiger partial charge in [0.25, 0.3) is 0 Å². The molecule has 9 heteroatoms. The van der Waals surface area contributed by atoms with Crippen LogP contribution in [0.3, 0.4) is 0 Å². The number of amides is 1. The van der Waals surface area contributed by atoms with Crippen molar-refractivity contribution in [3.63, 3.8) is 0 Å². The van der Waals surface area contributed by atoms with E-state index in [1.165, 1.54) is 11.9 Å². The van der Waals surface area contributed by atoms with Gasteiger partial charge < -0.3 is 19.7 Å². The van der Waals surface area contributed by atoms with Crippen LogP contribution >= 0.6 is 11.3 Å². The molecule has 1 atom stereocenters. The number of rotatable bonds is 6. The molecule has 2 N–H and O–H groups in total. The molecule has 136 valence electrons. The normalized spacial score (nSPS) is 12.6. The minimum Gasteiger partial charge on any atom is -0.461 e. The largest absolute Gasteiger partial charge is 0.461 e. The second-order valence-electron chi connectivity index (χ2n) is 6.07. The summed E-state index contributed by atoms with van der Waals surface area (Å²) < 4.78 is 10.2. The summed E-state index contributed by atoms with van der Waals surface area (Å²) in [4.78, 5) is 29.9. The number of hydrogen-bond acceptors (Lipinski definition) is 8. The standard InChI is InChI=1S/C15H24N2O6S/c1-6-22-12(20)11-10(7-9(19)8-18)24-13(16-11)17(5)14(21)23-15(2,3)4/h9,18-19H,6-8H2,1-5H3. The Morgan fingerprint density at radius 2 is 2.00 bits per heavy atom. The molecule has 1 amide bonds. The number of esters is 1. The number of anilines is 1. The van der Waals surface area contributed by atoms with E-state index in [1.54, 1.807) is 27.7 Å². The molecule has 0 radical (unpaired) electrons. The van der Waals surface area contributed by atoms with E-state index in [4.69, 9.17) is 14.6 Å².